The minimum atomic E-state index is -3.64. The number of methoxy groups -OCH3 is 2. The second kappa shape index (κ2) is 10.1. The Balaban J connectivity index is 2.47. The monoisotopic (exact) mass is 421 g/mol. The number of rotatable bonds is 10. The van der Waals surface area contributed by atoms with Crippen LogP contribution in [-0.4, -0.2) is 40.0 Å². The van der Waals surface area contributed by atoms with E-state index in [0.717, 1.165) is 12.1 Å². The molecule has 2 aromatic rings. The van der Waals surface area contributed by atoms with E-state index in [1.165, 1.54) is 7.11 Å². The van der Waals surface area contributed by atoms with E-state index in [2.05, 4.69) is 13.8 Å². The molecule has 0 amide bonds. The van der Waals surface area contributed by atoms with Crippen LogP contribution in [0.3, 0.4) is 0 Å². The van der Waals surface area contributed by atoms with Crippen LogP contribution in [0.15, 0.2) is 42.5 Å². The molecule has 0 aliphatic heterocycles. The molecule has 29 heavy (non-hydrogen) atoms. The maximum atomic E-state index is 14.0. The molecule has 1 N–H and O–H groups in total. The van der Waals surface area contributed by atoms with Gasteiger partial charge in [-0.05, 0) is 48.7 Å². The third-order valence-corrected chi connectivity index (χ3v) is 7.25. The van der Waals surface area contributed by atoms with Crippen LogP contribution in [0.4, 0.5) is 5.69 Å². The Morgan fingerprint density at radius 3 is 2.21 bits per heavy atom. The highest BCUT2D eigenvalue weighted by Gasteiger charge is 2.38. The van der Waals surface area contributed by atoms with Gasteiger partial charge in [0.15, 0.2) is 5.85 Å². The number of hydrogen-bond donors (Lipinski definition) is 1. The molecule has 0 aliphatic rings. The van der Waals surface area contributed by atoms with Crippen molar-refractivity contribution in [2.24, 2.45) is 5.92 Å². The normalized spacial score (nSPS) is 14.3. The van der Waals surface area contributed by atoms with E-state index in [0.29, 0.717) is 34.9 Å². The summed E-state index contributed by atoms with van der Waals surface area (Å²) in [5.41, 5.74) is 1.37. The third kappa shape index (κ3) is 5.53. The van der Waals surface area contributed by atoms with Gasteiger partial charge in [0.25, 0.3) is 7.37 Å². The highest BCUT2D eigenvalue weighted by molar-refractivity contribution is 7.67. The highest BCUT2D eigenvalue weighted by atomic mass is 31.2. The van der Waals surface area contributed by atoms with Crippen molar-refractivity contribution in [3.05, 3.63) is 48.0 Å². The molecule has 0 saturated carbocycles. The van der Waals surface area contributed by atoms with Crippen molar-refractivity contribution in [2.45, 2.75) is 26.1 Å². The molecule has 0 spiro atoms. The second-order valence-corrected chi connectivity index (χ2v) is 9.96. The summed E-state index contributed by atoms with van der Waals surface area (Å²) in [6.45, 7) is 4.44. The van der Waals surface area contributed by atoms with E-state index in [-0.39, 0.29) is 0 Å². The van der Waals surface area contributed by atoms with Gasteiger partial charge in [-0.25, -0.2) is 0 Å². The van der Waals surface area contributed by atoms with Gasteiger partial charge in [-0.15, -0.1) is 0 Å². The van der Waals surface area contributed by atoms with Crippen molar-refractivity contribution in [2.75, 3.05) is 39.8 Å². The molecule has 160 valence electrons. The van der Waals surface area contributed by atoms with Crippen LogP contribution in [0.2, 0.25) is 0 Å². The predicted octanol–water partition coefficient (Wildman–Crippen LogP) is 4.43. The molecule has 6 nitrogen and oxygen atoms in total. The fourth-order valence-electron chi connectivity index (χ4n) is 2.88. The summed E-state index contributed by atoms with van der Waals surface area (Å²) in [4.78, 5) is 1.96. The van der Waals surface area contributed by atoms with Crippen LogP contribution in [0.25, 0.3) is 0 Å². The molecule has 0 fully saturated rings. The lowest BCUT2D eigenvalue weighted by Gasteiger charge is -2.26. The zero-order chi connectivity index (χ0) is 21.6. The molecular weight excluding hydrogens is 389 g/mol. The van der Waals surface area contributed by atoms with Gasteiger partial charge >= 0.3 is 0 Å². The predicted molar refractivity (Wildman–Crippen MR) is 118 cm³/mol. The lowest BCUT2D eigenvalue weighted by molar-refractivity contribution is 0.205. The molecule has 0 saturated heterocycles. The van der Waals surface area contributed by atoms with Crippen LogP contribution in [-0.2, 0) is 9.09 Å². The Bertz CT molecular complexity index is 836. The van der Waals surface area contributed by atoms with Gasteiger partial charge < -0.3 is 24.0 Å². The average molecular weight is 421 g/mol. The molecular formula is C22H32NO5P. The van der Waals surface area contributed by atoms with Gasteiger partial charge in [-0.3, -0.25) is 4.57 Å². The van der Waals surface area contributed by atoms with Crippen molar-refractivity contribution in [1.29, 1.82) is 0 Å². The number of hydrogen-bond acceptors (Lipinski definition) is 6. The summed E-state index contributed by atoms with van der Waals surface area (Å²) in [7, 11) is 3.29. The molecule has 0 bridgehead atoms. The topological polar surface area (TPSA) is 68.2 Å². The van der Waals surface area contributed by atoms with Gasteiger partial charge in [0.05, 0.1) is 20.8 Å². The molecule has 0 aromatic heterocycles. The van der Waals surface area contributed by atoms with Gasteiger partial charge in [0.1, 0.15) is 11.5 Å². The molecule has 2 atom stereocenters. The second-order valence-electron chi connectivity index (χ2n) is 7.51. The summed E-state index contributed by atoms with van der Waals surface area (Å²) in [6.07, 6.45) is 0.742. The lowest BCUT2D eigenvalue weighted by Crippen LogP contribution is -2.17. The first kappa shape index (κ1) is 23.3. The van der Waals surface area contributed by atoms with Crippen LogP contribution in [0, 0.1) is 5.92 Å². The Hall–Kier alpha value is -2.01. The number of ether oxygens (including phenoxy) is 2. The quantitative estimate of drug-likeness (QED) is 0.573. The Labute approximate surface area is 173 Å². The molecule has 2 aromatic carbocycles. The van der Waals surface area contributed by atoms with E-state index in [1.54, 1.807) is 37.4 Å². The van der Waals surface area contributed by atoms with Crippen molar-refractivity contribution in [3.63, 3.8) is 0 Å². The highest BCUT2D eigenvalue weighted by Crippen LogP contribution is 2.59. The molecule has 0 aliphatic carbocycles. The maximum Gasteiger partial charge on any atom is 0.264 e. The molecule has 0 heterocycles. The fourth-order valence-corrected chi connectivity index (χ4v) is 4.98. The lowest BCUT2D eigenvalue weighted by atomic mass is 10.2. The van der Waals surface area contributed by atoms with Crippen LogP contribution < -0.4 is 19.7 Å². The number of anilines is 1. The Morgan fingerprint density at radius 2 is 1.69 bits per heavy atom. The van der Waals surface area contributed by atoms with Gasteiger partial charge in [0, 0.05) is 36.7 Å². The van der Waals surface area contributed by atoms with Gasteiger partial charge in [-0.1, -0.05) is 13.8 Å². The van der Waals surface area contributed by atoms with Crippen molar-refractivity contribution in [1.82, 2.24) is 0 Å². The minimum Gasteiger partial charge on any atom is -0.497 e. The maximum absolute atomic E-state index is 14.0. The number of nitrogens with zero attached hydrogens (tertiary/aromatic N) is 1. The molecule has 0 radical (unpaired) electrons. The summed E-state index contributed by atoms with van der Waals surface area (Å²) >= 11 is 0. The third-order valence-electron chi connectivity index (χ3n) is 4.75. The van der Waals surface area contributed by atoms with Crippen molar-refractivity contribution >= 4 is 18.4 Å². The first-order valence-electron chi connectivity index (χ1n) is 9.65. The van der Waals surface area contributed by atoms with Crippen LogP contribution in [0.5, 0.6) is 11.5 Å². The average Bonchev–Trinajstić information content (AvgIpc) is 2.72. The van der Waals surface area contributed by atoms with Crippen LogP contribution >= 0.6 is 7.37 Å². The summed E-state index contributed by atoms with van der Waals surface area (Å²) in [6, 6.07) is 12.3. The molecule has 7 heteroatoms. The van der Waals surface area contributed by atoms with E-state index in [1.807, 2.05) is 31.1 Å². The largest absolute Gasteiger partial charge is 0.497 e. The summed E-state index contributed by atoms with van der Waals surface area (Å²) < 4.78 is 30.6. The molecule has 2 rings (SSSR count). The smallest absolute Gasteiger partial charge is 0.264 e. The number of aliphatic hydroxyl groups is 1. The van der Waals surface area contributed by atoms with E-state index in [9.17, 15) is 9.67 Å². The first-order valence-corrected chi connectivity index (χ1v) is 11.3. The van der Waals surface area contributed by atoms with Crippen molar-refractivity contribution in [3.8, 4) is 11.5 Å². The number of aliphatic hydroxyl groups excluding tert-OH is 1. The minimum absolute atomic E-state index is 0.292. The standard InChI is InChI=1S/C22H32NO5P/c1-16(2)13-14-28-29(25,19-10-7-17(8-11-19)23(3)4)22(24)20-12-9-18(26-5)15-21(20)27-6/h7-12,15-16,22,24H,13-14H2,1-6H3. The summed E-state index contributed by atoms with van der Waals surface area (Å²) in [5, 5.41) is 11.7. The van der Waals surface area contributed by atoms with E-state index < -0.39 is 13.2 Å². The first-order chi connectivity index (χ1) is 13.7. The fraction of sp³-hybridized carbons (Fsp3) is 0.455. The Kier molecular flexibility index (Phi) is 8.14. The van der Waals surface area contributed by atoms with E-state index in [4.69, 9.17) is 14.0 Å². The number of benzene rings is 2. The van der Waals surface area contributed by atoms with Crippen LogP contribution in [0.1, 0.15) is 31.7 Å². The van der Waals surface area contributed by atoms with E-state index >= 15 is 0 Å². The Morgan fingerprint density at radius 1 is 1.03 bits per heavy atom. The zero-order valence-corrected chi connectivity index (χ0v) is 19.0. The van der Waals surface area contributed by atoms with Gasteiger partial charge in [0.2, 0.25) is 0 Å². The molecule has 2 unspecified atom stereocenters. The zero-order valence-electron chi connectivity index (χ0n) is 18.1. The van der Waals surface area contributed by atoms with Gasteiger partial charge in [-0.2, -0.15) is 0 Å². The van der Waals surface area contributed by atoms with Crippen molar-refractivity contribution < 1.29 is 23.7 Å². The SMILES string of the molecule is COc1ccc(C(O)P(=O)(OCCC(C)C)c2ccc(N(C)C)cc2)c(OC)c1. The summed E-state index contributed by atoms with van der Waals surface area (Å²) in [5.74, 6) is 0.0195.